The van der Waals surface area contributed by atoms with Crippen LogP contribution >= 0.6 is 0 Å². The van der Waals surface area contributed by atoms with Crippen LogP contribution in [0.5, 0.6) is 11.5 Å². The molecule has 1 N–H and O–H groups in total. The Labute approximate surface area is 216 Å². The van der Waals surface area contributed by atoms with Gasteiger partial charge in [-0.05, 0) is 54.4 Å². The number of aliphatic carboxylic acids is 1. The molecular formula is C30H28N2O5. The average Bonchev–Trinajstić information content (AvgIpc) is 2.94. The maximum atomic E-state index is 11.6. The maximum Gasteiger partial charge on any atom is 0.345 e. The second kappa shape index (κ2) is 12.9. The summed E-state index contributed by atoms with van der Waals surface area (Å²) in [5, 5.41) is 13.7. The van der Waals surface area contributed by atoms with Gasteiger partial charge in [0.15, 0.2) is 12.7 Å². The zero-order valence-electron chi connectivity index (χ0n) is 20.5. The fraction of sp³-hybridized carbons (Fsp3) is 0.167. The third-order valence-corrected chi connectivity index (χ3v) is 5.55. The highest BCUT2D eigenvalue weighted by Gasteiger charge is 2.20. The van der Waals surface area contributed by atoms with E-state index in [0.717, 1.165) is 28.1 Å². The normalized spacial score (nSPS) is 12.0. The molecule has 0 aliphatic rings. The second-order valence-corrected chi connectivity index (χ2v) is 8.26. The molecule has 0 aliphatic carbocycles. The predicted octanol–water partition coefficient (Wildman–Crippen LogP) is 5.64. The number of hydrogen-bond acceptors (Lipinski definition) is 6. The van der Waals surface area contributed by atoms with Crippen LogP contribution in [0.3, 0.4) is 0 Å². The summed E-state index contributed by atoms with van der Waals surface area (Å²) in [5.41, 5.74) is 4.53. The van der Waals surface area contributed by atoms with Gasteiger partial charge in [-0.2, -0.15) is 0 Å². The molecule has 1 atom stereocenters. The summed E-state index contributed by atoms with van der Waals surface area (Å²) in [6.07, 6.45) is 1.04. The topological polar surface area (TPSA) is 90.2 Å². The Morgan fingerprint density at radius 3 is 2.27 bits per heavy atom. The van der Waals surface area contributed by atoms with E-state index in [0.29, 0.717) is 18.1 Å². The average molecular weight is 497 g/mol. The zero-order valence-corrected chi connectivity index (χ0v) is 20.5. The van der Waals surface area contributed by atoms with E-state index in [4.69, 9.17) is 14.3 Å². The van der Waals surface area contributed by atoms with Crippen LogP contribution in [0.4, 0.5) is 0 Å². The van der Waals surface area contributed by atoms with E-state index in [9.17, 15) is 9.90 Å². The van der Waals surface area contributed by atoms with E-state index < -0.39 is 12.1 Å². The minimum absolute atomic E-state index is 0.241. The molecule has 0 bridgehead atoms. The van der Waals surface area contributed by atoms with Gasteiger partial charge in [0.25, 0.3) is 0 Å². The summed E-state index contributed by atoms with van der Waals surface area (Å²) >= 11 is 0. The van der Waals surface area contributed by atoms with Crippen LogP contribution in [0, 0.1) is 0 Å². The van der Waals surface area contributed by atoms with Crippen LogP contribution in [-0.2, 0) is 16.1 Å². The van der Waals surface area contributed by atoms with Crippen molar-refractivity contribution in [2.24, 2.45) is 5.16 Å². The molecule has 4 aromatic rings. The molecule has 1 aromatic heterocycles. The van der Waals surface area contributed by atoms with E-state index in [1.54, 1.807) is 42.6 Å². The van der Waals surface area contributed by atoms with Crippen LogP contribution < -0.4 is 9.47 Å². The van der Waals surface area contributed by atoms with Gasteiger partial charge in [-0.3, -0.25) is 4.98 Å². The zero-order chi connectivity index (χ0) is 25.9. The van der Waals surface area contributed by atoms with E-state index in [-0.39, 0.29) is 13.0 Å². The van der Waals surface area contributed by atoms with Crippen molar-refractivity contribution in [3.8, 4) is 22.8 Å². The molecule has 0 saturated heterocycles. The number of para-hydroxylation sites is 1. The van der Waals surface area contributed by atoms with Gasteiger partial charge in [0.1, 0.15) is 18.1 Å². The molecule has 0 radical (unpaired) electrons. The minimum atomic E-state index is -1.01. The minimum Gasteiger partial charge on any atom is -0.490 e. The monoisotopic (exact) mass is 496 g/mol. The van der Waals surface area contributed by atoms with Gasteiger partial charge in [-0.25, -0.2) is 4.79 Å². The number of pyridine rings is 1. The van der Waals surface area contributed by atoms with Gasteiger partial charge >= 0.3 is 5.97 Å². The Hall–Kier alpha value is -4.65. The largest absolute Gasteiger partial charge is 0.490 e. The van der Waals surface area contributed by atoms with Crippen LogP contribution in [0.15, 0.2) is 108 Å². The van der Waals surface area contributed by atoms with Crippen LogP contribution in [0.25, 0.3) is 11.3 Å². The lowest BCUT2D eigenvalue weighted by Gasteiger charge is -2.15. The third kappa shape index (κ3) is 7.67. The van der Waals surface area contributed by atoms with Crippen molar-refractivity contribution in [1.29, 1.82) is 0 Å². The van der Waals surface area contributed by atoms with Gasteiger partial charge in [0.05, 0.1) is 11.4 Å². The summed E-state index contributed by atoms with van der Waals surface area (Å²) in [6.45, 7) is 2.50. The number of oxime groups is 1. The van der Waals surface area contributed by atoms with Crippen LogP contribution in [0.1, 0.15) is 18.1 Å². The molecule has 0 spiro atoms. The molecule has 3 aromatic carbocycles. The molecule has 1 heterocycles. The summed E-state index contributed by atoms with van der Waals surface area (Å²) < 4.78 is 11.3. The van der Waals surface area contributed by atoms with Crippen molar-refractivity contribution in [3.05, 3.63) is 114 Å². The quantitative estimate of drug-likeness (QED) is 0.155. The van der Waals surface area contributed by atoms with Crippen LogP contribution in [0.2, 0.25) is 0 Å². The SMILES string of the molecule is CC(=NOCCOc1ccc(CC(Oc2ccccc2)C(=O)O)cc1)c1ccc(-c2ccccn2)cc1. The van der Waals surface area contributed by atoms with Crippen molar-refractivity contribution in [2.45, 2.75) is 19.4 Å². The van der Waals surface area contributed by atoms with Crippen molar-refractivity contribution in [3.63, 3.8) is 0 Å². The molecule has 37 heavy (non-hydrogen) atoms. The number of ether oxygens (including phenoxy) is 2. The van der Waals surface area contributed by atoms with Gasteiger partial charge in [-0.1, -0.05) is 65.8 Å². The smallest absolute Gasteiger partial charge is 0.345 e. The lowest BCUT2D eigenvalue weighted by atomic mass is 10.1. The summed E-state index contributed by atoms with van der Waals surface area (Å²) in [5.74, 6) is 0.171. The van der Waals surface area contributed by atoms with E-state index in [1.807, 2.05) is 67.6 Å². The van der Waals surface area contributed by atoms with Crippen molar-refractivity contribution in [2.75, 3.05) is 13.2 Å². The summed E-state index contributed by atoms with van der Waals surface area (Å²) in [4.78, 5) is 21.4. The fourth-order valence-electron chi connectivity index (χ4n) is 3.59. The molecular weight excluding hydrogens is 468 g/mol. The molecule has 1 unspecified atom stereocenters. The molecule has 0 saturated carbocycles. The molecule has 7 heteroatoms. The highest BCUT2D eigenvalue weighted by atomic mass is 16.6. The summed E-state index contributed by atoms with van der Waals surface area (Å²) in [6, 6.07) is 30.0. The van der Waals surface area contributed by atoms with Gasteiger partial charge in [0.2, 0.25) is 0 Å². The van der Waals surface area contributed by atoms with Gasteiger partial charge in [0, 0.05) is 18.2 Å². The Kier molecular flexibility index (Phi) is 8.86. The number of rotatable bonds is 12. The highest BCUT2D eigenvalue weighted by Crippen LogP contribution is 2.18. The number of carboxylic acids is 1. The molecule has 7 nitrogen and oxygen atoms in total. The summed E-state index contributed by atoms with van der Waals surface area (Å²) in [7, 11) is 0. The molecule has 0 aliphatic heterocycles. The fourth-order valence-corrected chi connectivity index (χ4v) is 3.59. The molecule has 4 rings (SSSR count). The maximum absolute atomic E-state index is 11.6. The Balaban J connectivity index is 1.21. The number of nitrogens with zero attached hydrogens (tertiary/aromatic N) is 2. The Bertz CT molecular complexity index is 1290. The number of carboxylic acid groups (broad SMARTS) is 1. The van der Waals surface area contributed by atoms with Gasteiger partial charge in [-0.15, -0.1) is 0 Å². The number of hydrogen-bond donors (Lipinski definition) is 1. The molecule has 0 amide bonds. The first-order valence-corrected chi connectivity index (χ1v) is 11.9. The lowest BCUT2D eigenvalue weighted by Crippen LogP contribution is -2.29. The third-order valence-electron chi connectivity index (χ3n) is 5.55. The standard InChI is InChI=1S/C30H28N2O5/c1-22(24-12-14-25(15-13-24)28-9-5-6-18-31-28)32-36-20-19-35-26-16-10-23(11-17-26)21-29(30(33)34)37-27-7-3-2-4-8-27/h2-18,29H,19-21H2,1H3,(H,33,34). The number of benzene rings is 3. The molecule has 188 valence electrons. The number of carbonyl (C=O) groups is 1. The van der Waals surface area contributed by atoms with E-state index in [2.05, 4.69) is 10.1 Å². The van der Waals surface area contributed by atoms with Crippen molar-refractivity contribution in [1.82, 2.24) is 4.98 Å². The lowest BCUT2D eigenvalue weighted by molar-refractivity contribution is -0.145. The predicted molar refractivity (Wildman–Crippen MR) is 142 cm³/mol. The highest BCUT2D eigenvalue weighted by molar-refractivity contribution is 5.98. The van der Waals surface area contributed by atoms with E-state index >= 15 is 0 Å². The van der Waals surface area contributed by atoms with Crippen molar-refractivity contribution < 1.29 is 24.2 Å². The van der Waals surface area contributed by atoms with Gasteiger partial charge < -0.3 is 19.4 Å². The Morgan fingerprint density at radius 1 is 0.865 bits per heavy atom. The first-order valence-electron chi connectivity index (χ1n) is 11.9. The number of aromatic nitrogens is 1. The van der Waals surface area contributed by atoms with Crippen molar-refractivity contribution >= 4 is 11.7 Å². The first kappa shape index (κ1) is 25.4. The molecule has 0 fully saturated rings. The van der Waals surface area contributed by atoms with E-state index in [1.165, 1.54) is 0 Å². The first-order chi connectivity index (χ1) is 18.1. The Morgan fingerprint density at radius 2 is 1.59 bits per heavy atom. The van der Waals surface area contributed by atoms with Crippen LogP contribution in [-0.4, -0.2) is 41.1 Å². The second-order valence-electron chi connectivity index (χ2n) is 8.26.